The first kappa shape index (κ1) is 11.4. The van der Waals surface area contributed by atoms with Gasteiger partial charge >= 0.3 is 0 Å². The van der Waals surface area contributed by atoms with Crippen LogP contribution in [-0.2, 0) is 12.8 Å². The van der Waals surface area contributed by atoms with Crippen molar-refractivity contribution in [2.75, 3.05) is 0 Å². The second-order valence-corrected chi connectivity index (χ2v) is 6.18. The molecule has 0 bridgehead atoms. The monoisotopic (exact) mass is 290 g/mol. The molecule has 19 heavy (non-hydrogen) atoms. The van der Waals surface area contributed by atoms with E-state index in [1.807, 2.05) is 6.07 Å². The van der Waals surface area contributed by atoms with Crippen LogP contribution in [0.15, 0.2) is 23.0 Å². The Morgan fingerprint density at radius 2 is 2.11 bits per heavy atom. The molecule has 4 rings (SSSR count). The molecule has 0 aromatic carbocycles. The normalized spacial score (nSPS) is 14.8. The number of halogens is 1. The molecule has 1 aliphatic rings. The van der Waals surface area contributed by atoms with Gasteiger partial charge in [0.2, 0.25) is 0 Å². The summed E-state index contributed by atoms with van der Waals surface area (Å²) in [6.07, 6.45) is 8.01. The average Bonchev–Trinajstić information content (AvgIpc) is 3.05. The fourth-order valence-electron chi connectivity index (χ4n) is 2.63. The van der Waals surface area contributed by atoms with Gasteiger partial charge in [0.05, 0.1) is 17.2 Å². The zero-order chi connectivity index (χ0) is 12.8. The highest BCUT2D eigenvalue weighted by Crippen LogP contribution is 2.39. The van der Waals surface area contributed by atoms with Gasteiger partial charge in [0.25, 0.3) is 0 Å². The summed E-state index contributed by atoms with van der Waals surface area (Å²) in [6.45, 7) is 0. The van der Waals surface area contributed by atoms with Gasteiger partial charge in [-0.2, -0.15) is 0 Å². The van der Waals surface area contributed by atoms with Crippen LogP contribution in [0.5, 0.6) is 0 Å². The SMILES string of the molecule is Clc1nc(-c2ccoc2)nc2sc3c(c12)CCCC3. The molecule has 96 valence electrons. The van der Waals surface area contributed by atoms with Gasteiger partial charge in [0, 0.05) is 4.88 Å². The molecule has 3 aromatic rings. The minimum atomic E-state index is 0.570. The second kappa shape index (κ2) is 4.32. The third-order valence-electron chi connectivity index (χ3n) is 3.55. The number of rotatable bonds is 1. The minimum Gasteiger partial charge on any atom is -0.472 e. The molecule has 5 heteroatoms. The maximum atomic E-state index is 6.38. The fourth-order valence-corrected chi connectivity index (χ4v) is 4.23. The molecule has 0 N–H and O–H groups in total. The van der Waals surface area contributed by atoms with Crippen LogP contribution < -0.4 is 0 Å². The third kappa shape index (κ3) is 1.78. The van der Waals surface area contributed by atoms with E-state index in [0.29, 0.717) is 11.0 Å². The molecule has 0 amide bonds. The van der Waals surface area contributed by atoms with Gasteiger partial charge in [-0.1, -0.05) is 11.6 Å². The topological polar surface area (TPSA) is 38.9 Å². The van der Waals surface area contributed by atoms with Crippen molar-refractivity contribution in [2.24, 2.45) is 0 Å². The van der Waals surface area contributed by atoms with Gasteiger partial charge in [-0.15, -0.1) is 11.3 Å². The summed E-state index contributed by atoms with van der Waals surface area (Å²) in [5.41, 5.74) is 2.24. The summed E-state index contributed by atoms with van der Waals surface area (Å²) in [7, 11) is 0. The van der Waals surface area contributed by atoms with Gasteiger partial charge in [0.15, 0.2) is 5.82 Å². The minimum absolute atomic E-state index is 0.570. The fraction of sp³-hybridized carbons (Fsp3) is 0.286. The molecule has 0 unspecified atom stereocenters. The number of aryl methyl sites for hydroxylation is 2. The van der Waals surface area contributed by atoms with Crippen LogP contribution in [0.4, 0.5) is 0 Å². The largest absolute Gasteiger partial charge is 0.472 e. The van der Waals surface area contributed by atoms with Crippen LogP contribution in [0, 0.1) is 0 Å². The first-order valence-electron chi connectivity index (χ1n) is 6.33. The summed E-state index contributed by atoms with van der Waals surface area (Å²) >= 11 is 8.14. The molecule has 0 saturated carbocycles. The Balaban J connectivity index is 1.98. The van der Waals surface area contributed by atoms with E-state index in [0.717, 1.165) is 28.6 Å². The average molecular weight is 291 g/mol. The molecule has 0 aliphatic heterocycles. The summed E-state index contributed by atoms with van der Waals surface area (Å²) < 4.78 is 5.08. The maximum Gasteiger partial charge on any atom is 0.165 e. The molecule has 1 aliphatic carbocycles. The molecule has 3 heterocycles. The molecular formula is C14H11ClN2OS. The van der Waals surface area contributed by atoms with E-state index in [4.69, 9.17) is 16.0 Å². The third-order valence-corrected chi connectivity index (χ3v) is 5.01. The number of furan rings is 1. The summed E-state index contributed by atoms with van der Waals surface area (Å²) in [4.78, 5) is 11.5. The number of thiophene rings is 1. The number of hydrogen-bond donors (Lipinski definition) is 0. The Labute approximate surface area is 119 Å². The van der Waals surface area contributed by atoms with E-state index < -0.39 is 0 Å². The van der Waals surface area contributed by atoms with Crippen molar-refractivity contribution in [3.63, 3.8) is 0 Å². The van der Waals surface area contributed by atoms with E-state index in [1.165, 1.54) is 23.3 Å². The Bertz CT molecular complexity index is 748. The van der Waals surface area contributed by atoms with Crippen molar-refractivity contribution in [3.05, 3.63) is 34.2 Å². The van der Waals surface area contributed by atoms with Crippen molar-refractivity contribution >= 4 is 33.2 Å². The predicted molar refractivity (Wildman–Crippen MR) is 76.8 cm³/mol. The Hall–Kier alpha value is -1.39. The van der Waals surface area contributed by atoms with Crippen molar-refractivity contribution < 1.29 is 4.42 Å². The number of aromatic nitrogens is 2. The zero-order valence-electron chi connectivity index (χ0n) is 10.1. The lowest BCUT2D eigenvalue weighted by atomic mass is 9.97. The number of nitrogens with zero attached hydrogens (tertiary/aromatic N) is 2. The van der Waals surface area contributed by atoms with E-state index in [9.17, 15) is 0 Å². The molecule has 3 nitrogen and oxygen atoms in total. The lowest BCUT2D eigenvalue weighted by molar-refractivity contribution is 0.568. The number of fused-ring (bicyclic) bond motifs is 3. The van der Waals surface area contributed by atoms with E-state index in [-0.39, 0.29) is 0 Å². The molecule has 0 atom stereocenters. The van der Waals surface area contributed by atoms with Crippen molar-refractivity contribution in [2.45, 2.75) is 25.7 Å². The van der Waals surface area contributed by atoms with Gasteiger partial charge in [0.1, 0.15) is 16.2 Å². The van der Waals surface area contributed by atoms with Crippen LogP contribution in [0.1, 0.15) is 23.3 Å². The van der Waals surface area contributed by atoms with E-state index >= 15 is 0 Å². The Morgan fingerprint density at radius 1 is 1.21 bits per heavy atom. The zero-order valence-corrected chi connectivity index (χ0v) is 11.7. The summed E-state index contributed by atoms with van der Waals surface area (Å²) in [5, 5.41) is 1.63. The Morgan fingerprint density at radius 3 is 2.95 bits per heavy atom. The van der Waals surface area contributed by atoms with Crippen LogP contribution in [-0.4, -0.2) is 9.97 Å². The smallest absolute Gasteiger partial charge is 0.165 e. The van der Waals surface area contributed by atoms with Crippen molar-refractivity contribution in [1.29, 1.82) is 0 Å². The molecular weight excluding hydrogens is 280 g/mol. The molecule has 0 saturated heterocycles. The highest BCUT2D eigenvalue weighted by atomic mass is 35.5. The molecule has 0 radical (unpaired) electrons. The highest BCUT2D eigenvalue weighted by molar-refractivity contribution is 7.19. The molecule has 3 aromatic heterocycles. The second-order valence-electron chi connectivity index (χ2n) is 4.74. The van der Waals surface area contributed by atoms with Gasteiger partial charge in [-0.3, -0.25) is 0 Å². The maximum absolute atomic E-state index is 6.38. The quantitative estimate of drug-likeness (QED) is 0.620. The van der Waals surface area contributed by atoms with Crippen molar-refractivity contribution in [1.82, 2.24) is 9.97 Å². The van der Waals surface area contributed by atoms with Crippen LogP contribution >= 0.6 is 22.9 Å². The molecule has 0 spiro atoms. The summed E-state index contributed by atoms with van der Waals surface area (Å²) in [6, 6.07) is 1.85. The van der Waals surface area contributed by atoms with E-state index in [2.05, 4.69) is 9.97 Å². The standard InChI is InChI=1S/C14H11ClN2OS/c15-12-11-9-3-1-2-4-10(9)19-14(11)17-13(16-12)8-5-6-18-7-8/h5-7H,1-4H2. The van der Waals surface area contributed by atoms with Crippen molar-refractivity contribution in [3.8, 4) is 11.4 Å². The first-order valence-corrected chi connectivity index (χ1v) is 7.53. The lowest BCUT2D eigenvalue weighted by Gasteiger charge is -2.10. The predicted octanol–water partition coefficient (Wildman–Crippen LogP) is 4.48. The highest BCUT2D eigenvalue weighted by Gasteiger charge is 2.20. The number of hydrogen-bond acceptors (Lipinski definition) is 4. The van der Waals surface area contributed by atoms with Crippen LogP contribution in [0.2, 0.25) is 5.15 Å². The Kier molecular flexibility index (Phi) is 2.60. The van der Waals surface area contributed by atoms with Gasteiger partial charge in [-0.05, 0) is 37.3 Å². The van der Waals surface area contributed by atoms with Crippen LogP contribution in [0.25, 0.3) is 21.6 Å². The van der Waals surface area contributed by atoms with Crippen LogP contribution in [0.3, 0.4) is 0 Å². The summed E-state index contributed by atoms with van der Waals surface area (Å²) in [5.74, 6) is 0.643. The van der Waals surface area contributed by atoms with Gasteiger partial charge in [-0.25, -0.2) is 9.97 Å². The van der Waals surface area contributed by atoms with E-state index in [1.54, 1.807) is 23.9 Å². The lowest BCUT2D eigenvalue weighted by Crippen LogP contribution is -1.98. The molecule has 0 fully saturated rings. The van der Waals surface area contributed by atoms with Gasteiger partial charge < -0.3 is 4.42 Å². The first-order chi connectivity index (χ1) is 9.33.